The van der Waals surface area contributed by atoms with E-state index in [1.807, 2.05) is 18.2 Å². The monoisotopic (exact) mass is 237 g/mol. The molecule has 1 aromatic rings. The summed E-state index contributed by atoms with van der Waals surface area (Å²) in [5.74, 6) is -0.392. The molecule has 0 aliphatic carbocycles. The Morgan fingerprint density at radius 2 is 1.88 bits per heavy atom. The average Bonchev–Trinajstić information content (AvgIpc) is 2.52. The lowest BCUT2D eigenvalue weighted by Gasteiger charge is -2.00. The Morgan fingerprint density at radius 1 is 1.19 bits per heavy atom. The lowest BCUT2D eigenvalue weighted by atomic mass is 10.3. The van der Waals surface area contributed by atoms with Gasteiger partial charge in [0.05, 0.1) is 5.75 Å². The van der Waals surface area contributed by atoms with Crippen molar-refractivity contribution in [2.24, 2.45) is 0 Å². The van der Waals surface area contributed by atoms with E-state index in [0.29, 0.717) is 0 Å². The fourth-order valence-electron chi connectivity index (χ4n) is 1.49. The number of benzene rings is 1. The van der Waals surface area contributed by atoms with Crippen LogP contribution in [0.2, 0.25) is 0 Å². The van der Waals surface area contributed by atoms with Crippen LogP contribution in [0.4, 0.5) is 5.69 Å². The molecule has 4 nitrogen and oxygen atoms in total. The highest BCUT2D eigenvalue weighted by atomic mass is 32.2. The van der Waals surface area contributed by atoms with E-state index in [-0.39, 0.29) is 22.9 Å². The number of carbonyl (C=O) groups excluding carboxylic acids is 1. The molecule has 1 aromatic carbocycles. The van der Waals surface area contributed by atoms with E-state index in [4.69, 9.17) is 0 Å². The first kappa shape index (κ1) is 10.9. The molecule has 84 valence electrons. The maximum Gasteiger partial charge on any atom is 0.183 e. The Hall–Kier alpha value is -1.62. The van der Waals surface area contributed by atoms with Gasteiger partial charge in [0.15, 0.2) is 15.6 Å². The molecule has 1 N–H and O–H groups in total. The van der Waals surface area contributed by atoms with Crippen LogP contribution in [0.5, 0.6) is 0 Å². The fourth-order valence-corrected chi connectivity index (χ4v) is 2.85. The summed E-state index contributed by atoms with van der Waals surface area (Å²) in [5.41, 5.74) is 0.755. The van der Waals surface area contributed by atoms with Gasteiger partial charge in [-0.15, -0.1) is 0 Å². The third-order valence-electron chi connectivity index (χ3n) is 2.35. The molecular formula is C11H11NO3S. The van der Waals surface area contributed by atoms with Crippen molar-refractivity contribution in [2.75, 3.05) is 11.1 Å². The van der Waals surface area contributed by atoms with Crippen LogP contribution in [0.15, 0.2) is 41.4 Å². The van der Waals surface area contributed by atoms with Gasteiger partial charge >= 0.3 is 0 Å². The number of para-hydroxylation sites is 1. The second-order valence-electron chi connectivity index (χ2n) is 3.51. The van der Waals surface area contributed by atoms with Crippen molar-refractivity contribution in [1.29, 1.82) is 0 Å². The van der Waals surface area contributed by atoms with E-state index in [2.05, 4.69) is 5.32 Å². The van der Waals surface area contributed by atoms with Gasteiger partial charge in [-0.05, 0) is 12.1 Å². The van der Waals surface area contributed by atoms with Gasteiger partial charge in [-0.2, -0.15) is 0 Å². The van der Waals surface area contributed by atoms with E-state index < -0.39 is 9.84 Å². The third-order valence-corrected chi connectivity index (χ3v) is 4.11. The SMILES string of the molecule is O=C1CCS(=O)(=O)C1=CNc1ccccc1. The van der Waals surface area contributed by atoms with Crippen LogP contribution >= 0.6 is 0 Å². The molecule has 16 heavy (non-hydrogen) atoms. The predicted octanol–water partition coefficient (Wildman–Crippen LogP) is 1.33. The van der Waals surface area contributed by atoms with Gasteiger partial charge in [0.25, 0.3) is 0 Å². The third kappa shape index (κ3) is 2.14. The molecule has 0 radical (unpaired) electrons. The smallest absolute Gasteiger partial charge is 0.183 e. The van der Waals surface area contributed by atoms with Gasteiger partial charge in [-0.3, -0.25) is 4.79 Å². The van der Waals surface area contributed by atoms with Crippen molar-refractivity contribution in [3.63, 3.8) is 0 Å². The summed E-state index contributed by atoms with van der Waals surface area (Å²) in [6.07, 6.45) is 1.37. The highest BCUT2D eigenvalue weighted by Gasteiger charge is 2.32. The van der Waals surface area contributed by atoms with E-state index in [1.165, 1.54) is 6.20 Å². The Kier molecular flexibility index (Phi) is 2.78. The zero-order valence-corrected chi connectivity index (χ0v) is 9.33. The maximum absolute atomic E-state index is 11.5. The molecule has 1 saturated heterocycles. The molecule has 0 atom stereocenters. The number of hydrogen-bond donors (Lipinski definition) is 1. The molecule has 1 heterocycles. The van der Waals surface area contributed by atoms with Gasteiger partial charge in [0.1, 0.15) is 4.91 Å². The number of anilines is 1. The van der Waals surface area contributed by atoms with Crippen molar-refractivity contribution in [3.05, 3.63) is 41.4 Å². The first-order valence-electron chi connectivity index (χ1n) is 4.87. The molecule has 1 aliphatic heterocycles. The molecule has 0 aromatic heterocycles. The summed E-state index contributed by atoms with van der Waals surface area (Å²) in [5, 5.41) is 2.81. The van der Waals surface area contributed by atoms with Gasteiger partial charge in [0.2, 0.25) is 0 Å². The summed E-state index contributed by atoms with van der Waals surface area (Å²) < 4.78 is 22.9. The highest BCUT2D eigenvalue weighted by Crippen LogP contribution is 2.20. The second kappa shape index (κ2) is 4.09. The summed E-state index contributed by atoms with van der Waals surface area (Å²) >= 11 is 0. The Bertz CT molecular complexity index is 532. The summed E-state index contributed by atoms with van der Waals surface area (Å²) in [6, 6.07) is 9.10. The van der Waals surface area contributed by atoms with Crippen LogP contribution in [0, 0.1) is 0 Å². The van der Waals surface area contributed by atoms with Gasteiger partial charge in [0, 0.05) is 18.3 Å². The summed E-state index contributed by atoms with van der Waals surface area (Å²) in [7, 11) is -3.36. The Morgan fingerprint density at radius 3 is 2.44 bits per heavy atom. The zero-order valence-electron chi connectivity index (χ0n) is 8.51. The predicted molar refractivity (Wildman–Crippen MR) is 61.6 cm³/mol. The number of ketones is 1. The molecule has 0 bridgehead atoms. The van der Waals surface area contributed by atoms with Gasteiger partial charge in [-0.1, -0.05) is 18.2 Å². The molecule has 1 fully saturated rings. The molecule has 2 rings (SSSR count). The van der Waals surface area contributed by atoms with Crippen LogP contribution in [0.25, 0.3) is 0 Å². The number of sulfone groups is 1. The fraction of sp³-hybridized carbons (Fsp3) is 0.182. The minimum atomic E-state index is -3.36. The Labute approximate surface area is 93.9 Å². The van der Waals surface area contributed by atoms with Crippen LogP contribution < -0.4 is 5.32 Å². The lowest BCUT2D eigenvalue weighted by molar-refractivity contribution is -0.114. The van der Waals surface area contributed by atoms with Crippen LogP contribution in [-0.4, -0.2) is 20.0 Å². The zero-order chi connectivity index (χ0) is 11.6. The van der Waals surface area contributed by atoms with Crippen molar-refractivity contribution in [3.8, 4) is 0 Å². The number of hydrogen-bond acceptors (Lipinski definition) is 4. The first-order chi connectivity index (χ1) is 7.59. The van der Waals surface area contributed by atoms with Crippen molar-refractivity contribution < 1.29 is 13.2 Å². The molecule has 0 saturated carbocycles. The minimum absolute atomic E-state index is 0.0753. The lowest BCUT2D eigenvalue weighted by Crippen LogP contribution is -2.04. The number of Topliss-reactive ketones (excluding diaryl/α,β-unsaturated/α-hetero) is 1. The topological polar surface area (TPSA) is 63.2 Å². The second-order valence-corrected chi connectivity index (χ2v) is 5.59. The highest BCUT2D eigenvalue weighted by molar-refractivity contribution is 7.96. The van der Waals surface area contributed by atoms with Crippen LogP contribution in [0.1, 0.15) is 6.42 Å². The van der Waals surface area contributed by atoms with E-state index in [9.17, 15) is 13.2 Å². The number of allylic oxidation sites excluding steroid dienone is 1. The first-order valence-corrected chi connectivity index (χ1v) is 6.52. The normalized spacial score (nSPS) is 21.2. The number of nitrogens with one attached hydrogen (secondary N) is 1. The van der Waals surface area contributed by atoms with Gasteiger partial charge in [-0.25, -0.2) is 8.42 Å². The van der Waals surface area contributed by atoms with Crippen molar-refractivity contribution >= 4 is 21.3 Å². The summed E-state index contributed by atoms with van der Waals surface area (Å²) in [4.78, 5) is 11.2. The number of rotatable bonds is 2. The van der Waals surface area contributed by atoms with E-state index in [0.717, 1.165) is 5.69 Å². The Balaban J connectivity index is 2.23. The quantitative estimate of drug-likeness (QED) is 0.788. The summed E-state index contributed by atoms with van der Waals surface area (Å²) in [6.45, 7) is 0. The number of carbonyl (C=O) groups is 1. The molecule has 5 heteroatoms. The molecule has 1 aliphatic rings. The van der Waals surface area contributed by atoms with Crippen molar-refractivity contribution in [1.82, 2.24) is 0 Å². The molecular weight excluding hydrogens is 226 g/mol. The molecule has 0 unspecified atom stereocenters. The van der Waals surface area contributed by atoms with E-state index in [1.54, 1.807) is 12.1 Å². The maximum atomic E-state index is 11.5. The van der Waals surface area contributed by atoms with Crippen molar-refractivity contribution in [2.45, 2.75) is 6.42 Å². The van der Waals surface area contributed by atoms with Gasteiger partial charge < -0.3 is 5.32 Å². The standard InChI is InChI=1S/C11H11NO3S/c13-10-6-7-16(14,15)11(10)8-12-9-4-2-1-3-5-9/h1-5,8,12H,6-7H2. The molecule has 0 spiro atoms. The average molecular weight is 237 g/mol. The largest absolute Gasteiger partial charge is 0.360 e. The van der Waals surface area contributed by atoms with Crippen LogP contribution in [-0.2, 0) is 14.6 Å². The minimum Gasteiger partial charge on any atom is -0.360 e. The molecule has 0 amide bonds. The van der Waals surface area contributed by atoms with E-state index >= 15 is 0 Å². The van der Waals surface area contributed by atoms with Crippen LogP contribution in [0.3, 0.4) is 0 Å².